The smallest absolute Gasteiger partial charge is 0.219 e. The molecule has 1 fully saturated rings. The molecule has 0 spiro atoms. The van der Waals surface area contributed by atoms with Crippen molar-refractivity contribution < 1.29 is 9.53 Å². The zero-order valence-corrected chi connectivity index (χ0v) is 12.6. The summed E-state index contributed by atoms with van der Waals surface area (Å²) in [5.74, 6) is 1.01. The van der Waals surface area contributed by atoms with Gasteiger partial charge in [-0.05, 0) is 50.7 Å². The highest BCUT2D eigenvalue weighted by Crippen LogP contribution is 2.20. The molecule has 0 atom stereocenters. The minimum absolute atomic E-state index is 0.162. The highest BCUT2D eigenvalue weighted by atomic mass is 16.5. The van der Waals surface area contributed by atoms with Crippen molar-refractivity contribution >= 4 is 5.91 Å². The molecule has 0 radical (unpaired) electrons. The van der Waals surface area contributed by atoms with Crippen LogP contribution in [0.4, 0.5) is 0 Å². The zero-order valence-electron chi connectivity index (χ0n) is 12.6. The second-order valence-corrected chi connectivity index (χ2v) is 5.53. The highest BCUT2D eigenvalue weighted by Gasteiger charge is 2.24. The molecule has 4 heteroatoms. The summed E-state index contributed by atoms with van der Waals surface area (Å²) in [7, 11) is 3.80. The van der Waals surface area contributed by atoms with Crippen LogP contribution in [0.1, 0.15) is 25.3 Å². The van der Waals surface area contributed by atoms with E-state index in [1.807, 2.05) is 29.2 Å². The molecule has 1 saturated heterocycles. The maximum Gasteiger partial charge on any atom is 0.219 e. The molecule has 1 aliphatic rings. The predicted octanol–water partition coefficient (Wildman–Crippen LogP) is 2.14. The minimum Gasteiger partial charge on any atom is -0.497 e. The average molecular weight is 276 g/mol. The summed E-state index contributed by atoms with van der Waals surface area (Å²) in [6.45, 7) is 4.49. The summed E-state index contributed by atoms with van der Waals surface area (Å²) in [6, 6.07) is 8.32. The first-order valence-electron chi connectivity index (χ1n) is 7.19. The third-order valence-electron chi connectivity index (χ3n) is 4.05. The molecule has 110 valence electrons. The van der Waals surface area contributed by atoms with Crippen LogP contribution in [0.15, 0.2) is 24.3 Å². The van der Waals surface area contributed by atoms with Gasteiger partial charge in [0.05, 0.1) is 7.11 Å². The summed E-state index contributed by atoms with van der Waals surface area (Å²) in [5.41, 5.74) is 1.15. The molecular weight excluding hydrogens is 252 g/mol. The van der Waals surface area contributed by atoms with E-state index in [2.05, 4.69) is 11.9 Å². The van der Waals surface area contributed by atoms with Gasteiger partial charge >= 0.3 is 0 Å². The average Bonchev–Trinajstić information content (AvgIpc) is 2.46. The topological polar surface area (TPSA) is 32.8 Å². The number of likely N-dealkylation sites (tertiary alicyclic amines) is 1. The van der Waals surface area contributed by atoms with Gasteiger partial charge in [0.25, 0.3) is 0 Å². The molecule has 1 amide bonds. The van der Waals surface area contributed by atoms with Gasteiger partial charge in [-0.25, -0.2) is 0 Å². The molecule has 0 saturated carbocycles. The lowest BCUT2D eigenvalue weighted by Crippen LogP contribution is -2.45. The lowest BCUT2D eigenvalue weighted by atomic mass is 10.0. The number of benzene rings is 1. The van der Waals surface area contributed by atoms with Crippen molar-refractivity contribution in [2.45, 2.75) is 32.4 Å². The Hall–Kier alpha value is -1.55. The first-order valence-corrected chi connectivity index (χ1v) is 7.19. The van der Waals surface area contributed by atoms with E-state index in [1.54, 1.807) is 14.0 Å². The zero-order chi connectivity index (χ0) is 14.5. The van der Waals surface area contributed by atoms with Gasteiger partial charge in [-0.2, -0.15) is 0 Å². The van der Waals surface area contributed by atoms with Gasteiger partial charge in [0.2, 0.25) is 5.91 Å². The van der Waals surface area contributed by atoms with Crippen LogP contribution in [0.3, 0.4) is 0 Å². The Labute approximate surface area is 121 Å². The summed E-state index contributed by atoms with van der Waals surface area (Å²) >= 11 is 0. The minimum atomic E-state index is 0.162. The maximum absolute atomic E-state index is 11.9. The third kappa shape index (κ3) is 3.73. The van der Waals surface area contributed by atoms with Gasteiger partial charge in [0.1, 0.15) is 5.75 Å². The van der Waals surface area contributed by atoms with E-state index < -0.39 is 0 Å². The number of carbonyl (C=O) groups excluding carboxylic acids is 1. The second-order valence-electron chi connectivity index (χ2n) is 5.53. The summed E-state index contributed by atoms with van der Waals surface area (Å²) < 4.78 is 5.16. The Morgan fingerprint density at radius 3 is 2.40 bits per heavy atom. The second kappa shape index (κ2) is 6.75. The van der Waals surface area contributed by atoms with Crippen LogP contribution in [-0.2, 0) is 11.3 Å². The normalized spacial score (nSPS) is 16.9. The van der Waals surface area contributed by atoms with E-state index in [4.69, 9.17) is 4.74 Å². The Balaban J connectivity index is 2.03. The Morgan fingerprint density at radius 2 is 1.90 bits per heavy atom. The van der Waals surface area contributed by atoms with Gasteiger partial charge in [-0.1, -0.05) is 12.1 Å². The first-order chi connectivity index (χ1) is 9.60. The van der Waals surface area contributed by atoms with Crippen LogP contribution in [0.25, 0.3) is 0 Å². The van der Waals surface area contributed by atoms with Crippen LogP contribution >= 0.6 is 0 Å². The number of rotatable bonds is 4. The van der Waals surface area contributed by atoms with E-state index in [0.29, 0.717) is 12.6 Å². The number of nitrogens with zero attached hydrogens (tertiary/aromatic N) is 2. The fourth-order valence-corrected chi connectivity index (χ4v) is 2.73. The van der Waals surface area contributed by atoms with Crippen molar-refractivity contribution in [1.29, 1.82) is 0 Å². The van der Waals surface area contributed by atoms with E-state index >= 15 is 0 Å². The fraction of sp³-hybridized carbons (Fsp3) is 0.562. The van der Waals surface area contributed by atoms with Crippen LogP contribution in [0.2, 0.25) is 0 Å². The van der Waals surface area contributed by atoms with Crippen LogP contribution in [0.5, 0.6) is 5.75 Å². The van der Waals surface area contributed by atoms with Gasteiger partial charge in [0, 0.05) is 19.5 Å². The fourth-order valence-electron chi connectivity index (χ4n) is 2.73. The summed E-state index contributed by atoms with van der Waals surface area (Å²) in [5, 5.41) is 0. The van der Waals surface area contributed by atoms with Crippen molar-refractivity contribution in [2.75, 3.05) is 27.2 Å². The maximum atomic E-state index is 11.9. The number of methoxy groups -OCH3 is 1. The molecule has 1 aromatic rings. The Morgan fingerprint density at radius 1 is 1.30 bits per heavy atom. The molecule has 4 nitrogen and oxygen atoms in total. The van der Waals surface area contributed by atoms with Gasteiger partial charge < -0.3 is 14.5 Å². The molecule has 1 aliphatic heterocycles. The highest BCUT2D eigenvalue weighted by molar-refractivity contribution is 5.73. The molecule has 20 heavy (non-hydrogen) atoms. The summed E-state index contributed by atoms with van der Waals surface area (Å²) in [4.78, 5) is 16.3. The Kier molecular flexibility index (Phi) is 5.01. The first kappa shape index (κ1) is 14.9. The lowest BCUT2D eigenvalue weighted by molar-refractivity contribution is -0.132. The van der Waals surface area contributed by atoms with Crippen molar-refractivity contribution in [1.82, 2.24) is 9.80 Å². The van der Waals surface area contributed by atoms with Gasteiger partial charge in [-0.3, -0.25) is 4.79 Å². The largest absolute Gasteiger partial charge is 0.497 e. The number of hydrogen-bond acceptors (Lipinski definition) is 3. The lowest BCUT2D eigenvalue weighted by Gasteiger charge is -2.37. The van der Waals surface area contributed by atoms with Crippen molar-refractivity contribution in [3.63, 3.8) is 0 Å². The number of ether oxygens (including phenoxy) is 1. The van der Waals surface area contributed by atoms with Gasteiger partial charge in [-0.15, -0.1) is 0 Å². The van der Waals surface area contributed by atoms with Crippen molar-refractivity contribution in [3.8, 4) is 5.75 Å². The standard InChI is InChI=1S/C16H24N2O2/c1-13(19)18(15-8-10-17(2)11-9-15)12-14-4-6-16(20-3)7-5-14/h4-7,15H,8-12H2,1-3H3. The quantitative estimate of drug-likeness (QED) is 0.844. The molecule has 0 bridgehead atoms. The molecule has 1 heterocycles. The Bertz CT molecular complexity index is 436. The number of piperidine rings is 1. The van der Waals surface area contributed by atoms with E-state index in [-0.39, 0.29) is 5.91 Å². The molecule has 1 aromatic carbocycles. The van der Waals surface area contributed by atoms with Gasteiger partial charge in [0.15, 0.2) is 0 Å². The SMILES string of the molecule is COc1ccc(CN(C(C)=O)C2CCN(C)CC2)cc1. The molecular formula is C16H24N2O2. The van der Waals surface area contributed by atoms with Crippen LogP contribution < -0.4 is 4.74 Å². The number of carbonyl (C=O) groups is 1. The molecule has 0 aliphatic carbocycles. The third-order valence-corrected chi connectivity index (χ3v) is 4.05. The van der Waals surface area contributed by atoms with E-state index in [9.17, 15) is 4.79 Å². The molecule has 0 unspecified atom stereocenters. The molecule has 0 N–H and O–H groups in total. The molecule has 0 aromatic heterocycles. The van der Waals surface area contributed by atoms with Crippen molar-refractivity contribution in [3.05, 3.63) is 29.8 Å². The van der Waals surface area contributed by atoms with E-state index in [1.165, 1.54) is 0 Å². The van der Waals surface area contributed by atoms with Crippen molar-refractivity contribution in [2.24, 2.45) is 0 Å². The predicted molar refractivity (Wildman–Crippen MR) is 79.7 cm³/mol. The number of amides is 1. The van der Waals surface area contributed by atoms with Crippen LogP contribution in [0, 0.1) is 0 Å². The summed E-state index contributed by atoms with van der Waals surface area (Å²) in [6.07, 6.45) is 2.12. The van der Waals surface area contributed by atoms with E-state index in [0.717, 1.165) is 37.2 Å². The van der Waals surface area contributed by atoms with Crippen LogP contribution in [-0.4, -0.2) is 49.0 Å². The monoisotopic (exact) mass is 276 g/mol. The molecule has 2 rings (SSSR count). The number of hydrogen-bond donors (Lipinski definition) is 0.